The van der Waals surface area contributed by atoms with E-state index in [9.17, 15) is 0 Å². The molecule has 1 rings (SSSR count). The van der Waals surface area contributed by atoms with Gasteiger partial charge in [-0.2, -0.15) is 0 Å². The number of aromatic nitrogens is 3. The number of hydrogen-bond donors (Lipinski definition) is 1. The molecule has 0 amide bonds. The largest absolute Gasteiger partial charge is 0.366 e. The fraction of sp³-hybridized carbons (Fsp3) is 0.143. The average Bonchev–Trinajstić information content (AvgIpc) is 2.02. The maximum absolute atomic E-state index is 3.99. The number of nitrogens with one attached hydrogen (secondary N) is 1. The third-order valence-corrected chi connectivity index (χ3v) is 0.972. The van der Waals surface area contributed by atoms with Crippen molar-refractivity contribution in [1.82, 2.24) is 15.0 Å². The quantitative estimate of drug-likeness (QED) is 0.581. The van der Waals surface area contributed by atoms with Gasteiger partial charge in [0, 0.05) is 24.8 Å². The summed E-state index contributed by atoms with van der Waals surface area (Å²) >= 11 is 0. The fourth-order valence-electron chi connectivity index (χ4n) is 0.527. The Bertz CT molecular complexity index is 216. The third-order valence-electron chi connectivity index (χ3n) is 0.972. The van der Waals surface area contributed by atoms with Crippen molar-refractivity contribution in [2.75, 3.05) is 0 Å². The van der Waals surface area contributed by atoms with E-state index >= 15 is 0 Å². The van der Waals surface area contributed by atoms with Crippen molar-refractivity contribution in [3.05, 3.63) is 36.7 Å². The Kier molecular flexibility index (Phi) is 2.43. The van der Waals surface area contributed by atoms with E-state index in [4.69, 9.17) is 0 Å². The predicted octanol–water partition coefficient (Wildman–Crippen LogP) is 1.24. The molecule has 3 heteroatoms. The predicted molar refractivity (Wildman–Crippen MR) is 38.7 cm³/mol. The van der Waals surface area contributed by atoms with Crippen LogP contribution in [0.4, 0.5) is 0 Å². The molecule has 10 heavy (non-hydrogen) atoms. The van der Waals surface area contributed by atoms with E-state index in [0.717, 1.165) is 5.82 Å². The highest BCUT2D eigenvalue weighted by molar-refractivity contribution is 4.81. The van der Waals surface area contributed by atoms with Crippen LogP contribution in [-0.2, 0) is 0 Å². The molecule has 0 aliphatic carbocycles. The molecule has 0 saturated carbocycles. The number of rotatable bonds is 0. The highest BCUT2D eigenvalue weighted by Gasteiger charge is 1.72. The minimum absolute atomic E-state index is 0.754. The molecule has 52 valence electrons. The SMILES string of the molecule is Cc1nccc[nH]ccn1. The summed E-state index contributed by atoms with van der Waals surface area (Å²) in [7, 11) is 0. The van der Waals surface area contributed by atoms with Crippen LogP contribution in [0.2, 0.25) is 0 Å². The molecule has 0 spiro atoms. The summed E-state index contributed by atoms with van der Waals surface area (Å²) in [5.74, 6) is 0.754. The molecule has 0 bridgehead atoms. The summed E-state index contributed by atoms with van der Waals surface area (Å²) in [5.41, 5.74) is 0. The number of hydrogen-bond acceptors (Lipinski definition) is 2. The van der Waals surface area contributed by atoms with E-state index in [1.54, 1.807) is 24.8 Å². The third kappa shape index (κ3) is 2.26. The Morgan fingerprint density at radius 2 is 2.00 bits per heavy atom. The summed E-state index contributed by atoms with van der Waals surface area (Å²) in [6, 6.07) is 1.81. The van der Waals surface area contributed by atoms with Crippen LogP contribution in [-0.4, -0.2) is 15.0 Å². The first-order valence-electron chi connectivity index (χ1n) is 3.04. The molecule has 1 heterocycles. The van der Waals surface area contributed by atoms with Gasteiger partial charge in [-0.3, -0.25) is 0 Å². The molecule has 0 unspecified atom stereocenters. The van der Waals surface area contributed by atoms with Crippen molar-refractivity contribution in [3.8, 4) is 0 Å². The second-order valence-electron chi connectivity index (χ2n) is 1.80. The second-order valence-corrected chi connectivity index (χ2v) is 1.80. The summed E-state index contributed by atoms with van der Waals surface area (Å²) < 4.78 is 0. The highest BCUT2D eigenvalue weighted by atomic mass is 14.8. The van der Waals surface area contributed by atoms with Crippen molar-refractivity contribution < 1.29 is 0 Å². The number of nitrogens with zero attached hydrogens (tertiary/aromatic N) is 2. The minimum Gasteiger partial charge on any atom is -0.366 e. The smallest absolute Gasteiger partial charge is 0.125 e. The lowest BCUT2D eigenvalue weighted by molar-refractivity contribution is 1.08. The Hall–Kier alpha value is -1.38. The second kappa shape index (κ2) is 3.61. The van der Waals surface area contributed by atoms with Crippen LogP contribution in [0.3, 0.4) is 0 Å². The Morgan fingerprint density at radius 1 is 1.20 bits per heavy atom. The van der Waals surface area contributed by atoms with Crippen molar-refractivity contribution >= 4 is 0 Å². The normalized spacial score (nSPS) is 8.50. The van der Waals surface area contributed by atoms with Gasteiger partial charge in [-0.25, -0.2) is 9.97 Å². The van der Waals surface area contributed by atoms with Crippen LogP contribution in [0.15, 0.2) is 30.9 Å². The van der Waals surface area contributed by atoms with Gasteiger partial charge in [0.15, 0.2) is 0 Å². The van der Waals surface area contributed by atoms with Gasteiger partial charge in [0.05, 0.1) is 0 Å². The summed E-state index contributed by atoms with van der Waals surface area (Å²) in [4.78, 5) is 10.9. The van der Waals surface area contributed by atoms with Gasteiger partial charge < -0.3 is 4.98 Å². The monoisotopic (exact) mass is 135 g/mol. The van der Waals surface area contributed by atoms with E-state index in [1.807, 2.05) is 13.0 Å². The van der Waals surface area contributed by atoms with E-state index < -0.39 is 0 Å². The molecule has 0 aliphatic rings. The molecule has 0 aliphatic heterocycles. The molecule has 0 saturated heterocycles. The lowest BCUT2D eigenvalue weighted by atomic mass is 10.7. The lowest BCUT2D eigenvalue weighted by Gasteiger charge is -1.76. The van der Waals surface area contributed by atoms with Crippen LogP contribution < -0.4 is 0 Å². The van der Waals surface area contributed by atoms with Crippen LogP contribution in [0.5, 0.6) is 0 Å². The molecule has 1 aromatic rings. The molecule has 1 N–H and O–H groups in total. The standard InChI is InChI=1S/C7H9N3/c1-7-9-4-2-3-8-5-6-10-7/h2-6,8H,1H3. The van der Waals surface area contributed by atoms with Crippen LogP contribution >= 0.6 is 0 Å². The average molecular weight is 135 g/mol. The van der Waals surface area contributed by atoms with Crippen LogP contribution in [0.25, 0.3) is 0 Å². The summed E-state index contributed by atoms with van der Waals surface area (Å²) in [5, 5.41) is 0. The van der Waals surface area contributed by atoms with Crippen molar-refractivity contribution in [2.45, 2.75) is 6.92 Å². The fourth-order valence-corrected chi connectivity index (χ4v) is 0.527. The zero-order chi connectivity index (χ0) is 7.23. The van der Waals surface area contributed by atoms with Crippen molar-refractivity contribution in [2.24, 2.45) is 0 Å². The Labute approximate surface area is 59.5 Å². The number of H-pyrrole nitrogens is 1. The lowest BCUT2D eigenvalue weighted by Crippen LogP contribution is -1.75. The first-order valence-corrected chi connectivity index (χ1v) is 3.04. The number of aryl methyl sites for hydroxylation is 1. The summed E-state index contributed by atoms with van der Waals surface area (Å²) in [6.45, 7) is 1.85. The first kappa shape index (κ1) is 6.74. The van der Waals surface area contributed by atoms with E-state index in [-0.39, 0.29) is 0 Å². The molecule has 1 aromatic heterocycles. The molecule has 0 atom stereocenters. The van der Waals surface area contributed by atoms with Gasteiger partial charge in [0.1, 0.15) is 5.82 Å². The van der Waals surface area contributed by atoms with Gasteiger partial charge in [-0.15, -0.1) is 0 Å². The maximum Gasteiger partial charge on any atom is 0.125 e. The zero-order valence-electron chi connectivity index (χ0n) is 5.78. The van der Waals surface area contributed by atoms with Crippen LogP contribution in [0.1, 0.15) is 5.82 Å². The van der Waals surface area contributed by atoms with E-state index in [1.165, 1.54) is 0 Å². The zero-order valence-corrected chi connectivity index (χ0v) is 5.78. The molecule has 0 fully saturated rings. The van der Waals surface area contributed by atoms with Gasteiger partial charge >= 0.3 is 0 Å². The highest BCUT2D eigenvalue weighted by Crippen LogP contribution is 1.76. The molecule has 3 nitrogen and oxygen atoms in total. The van der Waals surface area contributed by atoms with Gasteiger partial charge in [0.25, 0.3) is 0 Å². The molecular formula is C7H9N3. The summed E-state index contributed by atoms with van der Waals surface area (Å²) in [6.07, 6.45) is 6.89. The molecular weight excluding hydrogens is 126 g/mol. The van der Waals surface area contributed by atoms with E-state index in [2.05, 4.69) is 15.0 Å². The maximum atomic E-state index is 3.99. The van der Waals surface area contributed by atoms with Gasteiger partial charge in [0.2, 0.25) is 0 Å². The van der Waals surface area contributed by atoms with Gasteiger partial charge in [-0.1, -0.05) is 0 Å². The Morgan fingerprint density at radius 3 is 2.90 bits per heavy atom. The van der Waals surface area contributed by atoms with Gasteiger partial charge in [-0.05, 0) is 13.0 Å². The van der Waals surface area contributed by atoms with Crippen LogP contribution in [0, 0.1) is 6.92 Å². The molecule has 0 aromatic carbocycles. The first-order chi connectivity index (χ1) is 4.89. The number of aromatic amines is 1. The van der Waals surface area contributed by atoms with Crippen molar-refractivity contribution in [3.63, 3.8) is 0 Å². The molecule has 0 radical (unpaired) electrons. The topological polar surface area (TPSA) is 41.6 Å². The van der Waals surface area contributed by atoms with Crippen molar-refractivity contribution in [1.29, 1.82) is 0 Å². The Balaban J connectivity index is 3.13. The van der Waals surface area contributed by atoms with E-state index in [0.29, 0.717) is 0 Å². The minimum atomic E-state index is 0.754.